The van der Waals surface area contributed by atoms with Gasteiger partial charge in [0.05, 0.1) is 0 Å². The monoisotopic (exact) mass is 670 g/mol. The summed E-state index contributed by atoms with van der Waals surface area (Å²) in [5, 5.41) is 19.8. The number of benzene rings is 11. The van der Waals surface area contributed by atoms with Gasteiger partial charge >= 0.3 is 0 Å². The minimum atomic E-state index is 0.913. The minimum Gasteiger partial charge on any atom is -0.456 e. The molecule has 1 heterocycles. The molecule has 53 heavy (non-hydrogen) atoms. The van der Waals surface area contributed by atoms with Crippen molar-refractivity contribution in [3.8, 4) is 22.3 Å². The molecule has 1 heteroatoms. The first-order chi connectivity index (χ1) is 26.3. The van der Waals surface area contributed by atoms with Crippen LogP contribution < -0.4 is 0 Å². The van der Waals surface area contributed by atoms with Crippen LogP contribution in [0.15, 0.2) is 186 Å². The van der Waals surface area contributed by atoms with Gasteiger partial charge in [-0.2, -0.15) is 0 Å². The van der Waals surface area contributed by atoms with Gasteiger partial charge in [0.25, 0.3) is 0 Å². The predicted octanol–water partition coefficient (Wildman–Crippen LogP) is 15.0. The van der Waals surface area contributed by atoms with Crippen LogP contribution in [0.4, 0.5) is 0 Å². The highest BCUT2D eigenvalue weighted by molar-refractivity contribution is 6.31. The fourth-order valence-corrected chi connectivity index (χ4v) is 9.32. The van der Waals surface area contributed by atoms with Gasteiger partial charge in [0.1, 0.15) is 11.2 Å². The summed E-state index contributed by atoms with van der Waals surface area (Å²) in [6, 6.07) is 66.8. The Morgan fingerprint density at radius 3 is 1.47 bits per heavy atom. The van der Waals surface area contributed by atoms with Crippen LogP contribution in [-0.2, 0) is 0 Å². The molecule has 12 aromatic rings. The van der Waals surface area contributed by atoms with Crippen molar-refractivity contribution >= 4 is 97.3 Å². The van der Waals surface area contributed by atoms with Crippen molar-refractivity contribution in [1.82, 2.24) is 0 Å². The fourth-order valence-electron chi connectivity index (χ4n) is 9.32. The van der Waals surface area contributed by atoms with Gasteiger partial charge in [-0.25, -0.2) is 0 Å². The van der Waals surface area contributed by atoms with Crippen molar-refractivity contribution in [2.45, 2.75) is 0 Å². The molecule has 1 nitrogen and oxygen atoms in total. The van der Waals surface area contributed by atoms with Gasteiger partial charge in [-0.1, -0.05) is 158 Å². The summed E-state index contributed by atoms with van der Waals surface area (Å²) in [6.45, 7) is 0. The van der Waals surface area contributed by atoms with Crippen molar-refractivity contribution in [2.24, 2.45) is 0 Å². The third kappa shape index (κ3) is 4.02. The second-order valence-corrected chi connectivity index (χ2v) is 14.3. The van der Waals surface area contributed by atoms with Crippen molar-refractivity contribution in [3.63, 3.8) is 0 Å². The number of hydrogen-bond donors (Lipinski definition) is 0. The highest BCUT2D eigenvalue weighted by Crippen LogP contribution is 2.49. The first-order valence-electron chi connectivity index (χ1n) is 18.3. The van der Waals surface area contributed by atoms with Crippen LogP contribution in [0.3, 0.4) is 0 Å². The van der Waals surface area contributed by atoms with Gasteiger partial charge in [-0.05, 0) is 122 Å². The molecule has 0 atom stereocenters. The van der Waals surface area contributed by atoms with Gasteiger partial charge < -0.3 is 4.42 Å². The van der Waals surface area contributed by atoms with E-state index in [-0.39, 0.29) is 0 Å². The smallest absolute Gasteiger partial charge is 0.136 e. The summed E-state index contributed by atoms with van der Waals surface area (Å²) in [6.07, 6.45) is 0. The molecule has 1 aromatic heterocycles. The lowest BCUT2D eigenvalue weighted by molar-refractivity contribution is 0.669. The molecule has 0 unspecified atom stereocenters. The normalized spacial score (nSPS) is 12.2. The molecule has 0 fully saturated rings. The van der Waals surface area contributed by atoms with Gasteiger partial charge in [0, 0.05) is 10.8 Å². The quantitative estimate of drug-likeness (QED) is 0.132. The average Bonchev–Trinajstić information content (AvgIpc) is 3.61. The predicted molar refractivity (Wildman–Crippen MR) is 227 cm³/mol. The first-order valence-corrected chi connectivity index (χ1v) is 18.3. The lowest BCUT2D eigenvalue weighted by atomic mass is 9.83. The molecule has 0 bridgehead atoms. The SMILES string of the molecule is c1ccc2cc3c(ccc4c(-c5c6ccccc6c(-c6cc7oc8ccc9ccccc9c8c7c7ccccc67)c6ccccc56)cccc43)cc2c1. The Morgan fingerprint density at radius 2 is 0.755 bits per heavy atom. The third-order valence-corrected chi connectivity index (χ3v) is 11.6. The van der Waals surface area contributed by atoms with Gasteiger partial charge in [-0.3, -0.25) is 0 Å². The number of rotatable bonds is 2. The third-order valence-electron chi connectivity index (χ3n) is 11.6. The number of hydrogen-bond acceptors (Lipinski definition) is 1. The Morgan fingerprint density at radius 1 is 0.245 bits per heavy atom. The largest absolute Gasteiger partial charge is 0.456 e. The molecule has 11 aromatic carbocycles. The molecule has 0 radical (unpaired) electrons. The van der Waals surface area contributed by atoms with Crippen LogP contribution in [0.5, 0.6) is 0 Å². The molecule has 0 amide bonds. The van der Waals surface area contributed by atoms with Crippen LogP contribution in [0.25, 0.3) is 120 Å². The molecular weight excluding hydrogens is 641 g/mol. The van der Waals surface area contributed by atoms with E-state index in [1.54, 1.807) is 0 Å². The average molecular weight is 671 g/mol. The second-order valence-electron chi connectivity index (χ2n) is 14.3. The fraction of sp³-hybridized carbons (Fsp3) is 0. The van der Waals surface area contributed by atoms with Crippen LogP contribution in [0, 0.1) is 0 Å². The zero-order chi connectivity index (χ0) is 34.6. The molecular formula is C52H30O. The van der Waals surface area contributed by atoms with E-state index in [9.17, 15) is 0 Å². The van der Waals surface area contributed by atoms with E-state index in [1.165, 1.54) is 108 Å². The van der Waals surface area contributed by atoms with Gasteiger partial charge in [0.15, 0.2) is 0 Å². The maximum Gasteiger partial charge on any atom is 0.136 e. The van der Waals surface area contributed by atoms with Crippen LogP contribution in [-0.4, -0.2) is 0 Å². The van der Waals surface area contributed by atoms with Crippen molar-refractivity contribution in [2.75, 3.05) is 0 Å². The maximum atomic E-state index is 6.76. The highest BCUT2D eigenvalue weighted by Gasteiger charge is 2.22. The molecule has 244 valence electrons. The molecule has 0 aliphatic carbocycles. The molecule has 12 rings (SSSR count). The van der Waals surface area contributed by atoms with E-state index in [2.05, 4.69) is 182 Å². The van der Waals surface area contributed by atoms with Crippen LogP contribution in [0.2, 0.25) is 0 Å². The molecule has 0 N–H and O–H groups in total. The first kappa shape index (κ1) is 28.7. The summed E-state index contributed by atoms with van der Waals surface area (Å²) < 4.78 is 6.76. The Bertz CT molecular complexity index is 3450. The van der Waals surface area contributed by atoms with Crippen molar-refractivity contribution < 1.29 is 4.42 Å². The van der Waals surface area contributed by atoms with Crippen molar-refractivity contribution in [1.29, 1.82) is 0 Å². The number of fused-ring (bicyclic) bond motifs is 13. The summed E-state index contributed by atoms with van der Waals surface area (Å²) in [5.41, 5.74) is 6.78. The van der Waals surface area contributed by atoms with Gasteiger partial charge in [-0.15, -0.1) is 0 Å². The van der Waals surface area contributed by atoms with E-state index in [0.29, 0.717) is 0 Å². The standard InChI is InChI=1S/C52H30O/c1-2-14-33-29-45-34(28-32(33)13-1)24-26-38-36(45)22-11-23-39(38)49-41-18-7-9-20-43(41)50(44-21-10-8-19-42(44)49)46-30-48-52(40-17-6-5-16-37(40)46)51-35-15-4-3-12-31(35)25-27-47(51)53-48/h1-30H. The molecule has 0 spiro atoms. The summed E-state index contributed by atoms with van der Waals surface area (Å²) in [7, 11) is 0. The number of furan rings is 1. The maximum absolute atomic E-state index is 6.76. The summed E-state index contributed by atoms with van der Waals surface area (Å²) in [4.78, 5) is 0. The van der Waals surface area contributed by atoms with E-state index >= 15 is 0 Å². The van der Waals surface area contributed by atoms with E-state index in [4.69, 9.17) is 4.42 Å². The Hall–Kier alpha value is -6.96. The second kappa shape index (κ2) is 10.8. The van der Waals surface area contributed by atoms with E-state index in [1.807, 2.05) is 0 Å². The Kier molecular flexibility index (Phi) is 5.84. The Balaban J connectivity index is 1.20. The zero-order valence-corrected chi connectivity index (χ0v) is 28.7. The Labute approximate surface area is 304 Å². The zero-order valence-electron chi connectivity index (χ0n) is 28.7. The van der Waals surface area contributed by atoms with Crippen LogP contribution in [0.1, 0.15) is 0 Å². The van der Waals surface area contributed by atoms with Crippen molar-refractivity contribution in [3.05, 3.63) is 182 Å². The topological polar surface area (TPSA) is 13.1 Å². The molecule has 0 saturated heterocycles. The lowest BCUT2D eigenvalue weighted by Crippen LogP contribution is -1.93. The molecule has 0 aliphatic rings. The molecule has 0 aliphatic heterocycles. The molecule has 0 saturated carbocycles. The summed E-state index contributed by atoms with van der Waals surface area (Å²) >= 11 is 0. The highest BCUT2D eigenvalue weighted by atomic mass is 16.3. The van der Waals surface area contributed by atoms with Gasteiger partial charge in [0.2, 0.25) is 0 Å². The minimum absolute atomic E-state index is 0.913. The summed E-state index contributed by atoms with van der Waals surface area (Å²) in [5.74, 6) is 0. The van der Waals surface area contributed by atoms with E-state index < -0.39 is 0 Å². The van der Waals surface area contributed by atoms with Crippen LogP contribution >= 0.6 is 0 Å². The lowest BCUT2D eigenvalue weighted by Gasteiger charge is -2.20. The van der Waals surface area contributed by atoms with E-state index in [0.717, 1.165) is 11.2 Å².